The van der Waals surface area contributed by atoms with Gasteiger partial charge < -0.3 is 9.42 Å². The van der Waals surface area contributed by atoms with Gasteiger partial charge in [-0.05, 0) is 48.9 Å². The maximum Gasteiger partial charge on any atom is 0.257 e. The fourth-order valence-electron chi connectivity index (χ4n) is 3.09. The van der Waals surface area contributed by atoms with Crippen molar-refractivity contribution in [2.24, 2.45) is 0 Å². The molecule has 0 N–H and O–H groups in total. The molecule has 1 fully saturated rings. The Balaban J connectivity index is 1.54. The maximum atomic E-state index is 12.5. The molecule has 0 spiro atoms. The third-order valence-corrected chi connectivity index (χ3v) is 5.07. The van der Waals surface area contributed by atoms with E-state index in [0.717, 1.165) is 16.8 Å². The second-order valence-corrected chi connectivity index (χ2v) is 6.89. The number of amides is 1. The molecule has 1 unspecified atom stereocenters. The van der Waals surface area contributed by atoms with Crippen LogP contribution >= 0.6 is 11.6 Å². The van der Waals surface area contributed by atoms with E-state index in [4.69, 9.17) is 21.4 Å². The first-order chi connectivity index (χ1) is 13.0. The van der Waals surface area contributed by atoms with Gasteiger partial charge >= 0.3 is 0 Å². The average molecular weight is 379 g/mol. The number of hydrogen-bond donors (Lipinski definition) is 0. The maximum absolute atomic E-state index is 12.5. The lowest BCUT2D eigenvalue weighted by molar-refractivity contribution is -0.117. The Morgan fingerprint density at radius 3 is 2.74 bits per heavy atom. The van der Waals surface area contributed by atoms with Gasteiger partial charge in [0.1, 0.15) is 0 Å². The van der Waals surface area contributed by atoms with Crippen LogP contribution in [0.3, 0.4) is 0 Å². The number of carbonyl (C=O) groups is 1. The fourth-order valence-corrected chi connectivity index (χ4v) is 3.26. The topological polar surface area (TPSA) is 83.0 Å². The first-order valence-electron chi connectivity index (χ1n) is 8.46. The van der Waals surface area contributed by atoms with E-state index >= 15 is 0 Å². The number of aromatic nitrogens is 2. The monoisotopic (exact) mass is 378 g/mol. The minimum Gasteiger partial charge on any atom is -0.334 e. The van der Waals surface area contributed by atoms with Crippen LogP contribution in [0.5, 0.6) is 0 Å². The molecular weight excluding hydrogens is 364 g/mol. The Morgan fingerprint density at radius 2 is 2.04 bits per heavy atom. The first kappa shape index (κ1) is 17.3. The van der Waals surface area contributed by atoms with E-state index in [0.29, 0.717) is 35.3 Å². The molecule has 134 valence electrons. The molecule has 27 heavy (non-hydrogen) atoms. The Labute approximate surface area is 161 Å². The van der Waals surface area contributed by atoms with Gasteiger partial charge in [-0.15, -0.1) is 0 Å². The molecule has 7 heteroatoms. The van der Waals surface area contributed by atoms with E-state index in [1.165, 1.54) is 0 Å². The summed E-state index contributed by atoms with van der Waals surface area (Å²) < 4.78 is 5.35. The highest BCUT2D eigenvalue weighted by molar-refractivity contribution is 6.31. The smallest absolute Gasteiger partial charge is 0.257 e. The Hall–Kier alpha value is -3.17. The van der Waals surface area contributed by atoms with E-state index in [-0.39, 0.29) is 11.8 Å². The minimum atomic E-state index is -0.145. The lowest BCUT2D eigenvalue weighted by atomic mass is 10.1. The molecule has 1 aromatic heterocycles. The van der Waals surface area contributed by atoms with Crippen molar-refractivity contribution in [2.75, 3.05) is 11.4 Å². The molecule has 4 rings (SSSR count). The summed E-state index contributed by atoms with van der Waals surface area (Å²) in [6.45, 7) is 2.40. The summed E-state index contributed by atoms with van der Waals surface area (Å²) in [6.07, 6.45) is 0.317. The van der Waals surface area contributed by atoms with Crippen LogP contribution in [-0.2, 0) is 4.79 Å². The van der Waals surface area contributed by atoms with Gasteiger partial charge in [0.05, 0.1) is 11.6 Å². The fraction of sp³-hybridized carbons (Fsp3) is 0.200. The lowest BCUT2D eigenvalue weighted by Crippen LogP contribution is -2.24. The molecule has 2 aromatic carbocycles. The van der Waals surface area contributed by atoms with Crippen molar-refractivity contribution >= 4 is 23.2 Å². The number of carbonyl (C=O) groups excluding carboxylic acids is 1. The van der Waals surface area contributed by atoms with Crippen LogP contribution in [0.1, 0.15) is 29.3 Å². The van der Waals surface area contributed by atoms with Crippen molar-refractivity contribution in [3.63, 3.8) is 0 Å². The summed E-state index contributed by atoms with van der Waals surface area (Å²) in [6, 6.07) is 14.6. The zero-order valence-electron chi connectivity index (χ0n) is 14.5. The second-order valence-electron chi connectivity index (χ2n) is 6.49. The molecule has 3 aromatic rings. The van der Waals surface area contributed by atoms with Gasteiger partial charge in [0.2, 0.25) is 5.91 Å². The van der Waals surface area contributed by atoms with E-state index < -0.39 is 0 Å². The molecule has 6 nitrogen and oxygen atoms in total. The lowest BCUT2D eigenvalue weighted by Gasteiger charge is -2.17. The van der Waals surface area contributed by atoms with E-state index in [1.54, 1.807) is 35.2 Å². The molecule has 2 heterocycles. The van der Waals surface area contributed by atoms with Crippen molar-refractivity contribution < 1.29 is 9.32 Å². The normalized spacial score (nSPS) is 16.6. The summed E-state index contributed by atoms with van der Waals surface area (Å²) in [5.74, 6) is 0.736. The summed E-state index contributed by atoms with van der Waals surface area (Å²) >= 11 is 6.19. The highest BCUT2D eigenvalue weighted by Gasteiger charge is 2.34. The summed E-state index contributed by atoms with van der Waals surface area (Å²) in [4.78, 5) is 18.6. The summed E-state index contributed by atoms with van der Waals surface area (Å²) in [5, 5.41) is 13.6. The molecule has 0 radical (unpaired) electrons. The van der Waals surface area contributed by atoms with Crippen molar-refractivity contribution in [3.05, 3.63) is 64.4 Å². The molecule has 0 saturated carbocycles. The largest absolute Gasteiger partial charge is 0.334 e. The van der Waals surface area contributed by atoms with Gasteiger partial charge in [-0.2, -0.15) is 10.2 Å². The van der Waals surface area contributed by atoms with E-state index in [9.17, 15) is 4.79 Å². The summed E-state index contributed by atoms with van der Waals surface area (Å²) in [7, 11) is 0. The number of nitriles is 1. The third kappa shape index (κ3) is 3.29. The van der Waals surface area contributed by atoms with Crippen molar-refractivity contribution in [3.8, 4) is 17.5 Å². The third-order valence-electron chi connectivity index (χ3n) is 4.66. The molecule has 0 bridgehead atoms. The van der Waals surface area contributed by atoms with Crippen LogP contribution < -0.4 is 4.90 Å². The predicted molar refractivity (Wildman–Crippen MR) is 100 cm³/mol. The van der Waals surface area contributed by atoms with Crippen LogP contribution in [0.4, 0.5) is 5.69 Å². The number of hydrogen-bond acceptors (Lipinski definition) is 5. The first-order valence-corrected chi connectivity index (χ1v) is 8.83. The standard InChI is InChI=1S/C20H15ClN4O2/c1-12-2-7-16(9-17(12)21)25-11-15(8-18(25)26)19-23-20(27-24-19)14-5-3-13(10-22)4-6-14/h2-7,9,15H,8,11H2,1H3. The molecule has 0 aliphatic carbocycles. The second kappa shape index (κ2) is 6.86. The van der Waals surface area contributed by atoms with Gasteiger partial charge in [-0.1, -0.05) is 22.8 Å². The Kier molecular flexibility index (Phi) is 4.38. The van der Waals surface area contributed by atoms with Gasteiger partial charge in [-0.25, -0.2) is 0 Å². The number of nitrogens with zero attached hydrogens (tertiary/aromatic N) is 4. The number of halogens is 1. The molecule has 1 amide bonds. The molecule has 1 aliphatic heterocycles. The predicted octanol–water partition coefficient (Wildman–Crippen LogP) is 4.09. The Bertz CT molecular complexity index is 1050. The van der Waals surface area contributed by atoms with Gasteiger partial charge in [0.15, 0.2) is 5.82 Å². The minimum absolute atomic E-state index is 0.00430. The van der Waals surface area contributed by atoms with Gasteiger partial charge in [-0.3, -0.25) is 4.79 Å². The molecule has 1 saturated heterocycles. The SMILES string of the molecule is Cc1ccc(N2CC(c3noc(-c4ccc(C#N)cc4)n3)CC2=O)cc1Cl. The van der Waals surface area contributed by atoms with Crippen molar-refractivity contribution in [2.45, 2.75) is 19.3 Å². The number of rotatable bonds is 3. The Morgan fingerprint density at radius 1 is 1.26 bits per heavy atom. The number of anilines is 1. The number of aryl methyl sites for hydroxylation is 1. The molecule has 1 atom stereocenters. The quantitative estimate of drug-likeness (QED) is 0.685. The van der Waals surface area contributed by atoms with E-state index in [1.807, 2.05) is 19.1 Å². The summed E-state index contributed by atoms with van der Waals surface area (Å²) in [5.41, 5.74) is 3.04. The molecule has 1 aliphatic rings. The van der Waals surface area contributed by atoms with Crippen LogP contribution in [-0.4, -0.2) is 22.6 Å². The van der Waals surface area contributed by atoms with Crippen molar-refractivity contribution in [1.82, 2.24) is 10.1 Å². The average Bonchev–Trinajstić information content (AvgIpc) is 3.31. The highest BCUT2D eigenvalue weighted by Crippen LogP contribution is 2.33. The molecular formula is C20H15ClN4O2. The van der Waals surface area contributed by atoms with Crippen LogP contribution in [0.2, 0.25) is 5.02 Å². The van der Waals surface area contributed by atoms with Crippen LogP contribution in [0, 0.1) is 18.3 Å². The number of benzene rings is 2. The van der Waals surface area contributed by atoms with Gasteiger partial charge in [0, 0.05) is 35.2 Å². The highest BCUT2D eigenvalue weighted by atomic mass is 35.5. The van der Waals surface area contributed by atoms with Crippen molar-refractivity contribution in [1.29, 1.82) is 5.26 Å². The van der Waals surface area contributed by atoms with Crippen LogP contribution in [0.15, 0.2) is 47.0 Å². The van der Waals surface area contributed by atoms with Gasteiger partial charge in [0.25, 0.3) is 5.89 Å². The van der Waals surface area contributed by atoms with Crippen LogP contribution in [0.25, 0.3) is 11.5 Å². The zero-order chi connectivity index (χ0) is 19.0. The zero-order valence-corrected chi connectivity index (χ0v) is 15.3. The van der Waals surface area contributed by atoms with E-state index in [2.05, 4.69) is 16.2 Å².